The van der Waals surface area contributed by atoms with E-state index in [1.807, 2.05) is 43.0 Å². The highest BCUT2D eigenvalue weighted by molar-refractivity contribution is 5.81. The van der Waals surface area contributed by atoms with Crippen LogP contribution in [0.25, 0.3) is 0 Å². The highest BCUT2D eigenvalue weighted by Crippen LogP contribution is 2.26. The molecule has 1 saturated heterocycles. The van der Waals surface area contributed by atoms with Gasteiger partial charge in [0.15, 0.2) is 6.10 Å². The van der Waals surface area contributed by atoms with E-state index in [0.29, 0.717) is 19.0 Å². The molecule has 0 radical (unpaired) electrons. The first kappa shape index (κ1) is 20.3. The number of para-hydroxylation sites is 1. The zero-order valence-electron chi connectivity index (χ0n) is 16.6. The van der Waals surface area contributed by atoms with Crippen molar-refractivity contribution in [2.45, 2.75) is 65.5 Å². The first-order valence-electron chi connectivity index (χ1n) is 9.64. The number of benzene rings is 1. The fourth-order valence-electron chi connectivity index (χ4n) is 3.24. The Morgan fingerprint density at radius 1 is 1.08 bits per heavy atom. The SMILES string of the molecule is CC(C)C(=O)N1CCC(NC(=O)C(C)Oc2ccccc2C(C)C)CC1. The van der Waals surface area contributed by atoms with Gasteiger partial charge in [-0.3, -0.25) is 9.59 Å². The van der Waals surface area contributed by atoms with Gasteiger partial charge in [0.2, 0.25) is 5.91 Å². The van der Waals surface area contributed by atoms with Crippen LogP contribution < -0.4 is 10.1 Å². The summed E-state index contributed by atoms with van der Waals surface area (Å²) < 4.78 is 5.92. The summed E-state index contributed by atoms with van der Waals surface area (Å²) in [6.07, 6.45) is 1.03. The molecular weight excluding hydrogens is 328 g/mol. The summed E-state index contributed by atoms with van der Waals surface area (Å²) in [6.45, 7) is 11.2. The molecule has 1 fully saturated rings. The van der Waals surface area contributed by atoms with Crippen LogP contribution in [0.5, 0.6) is 5.75 Å². The van der Waals surface area contributed by atoms with E-state index in [4.69, 9.17) is 4.74 Å². The molecule has 1 aliphatic heterocycles. The second-order valence-electron chi connectivity index (χ2n) is 7.72. The fraction of sp³-hybridized carbons (Fsp3) is 0.619. The van der Waals surface area contributed by atoms with Crippen LogP contribution in [0, 0.1) is 5.92 Å². The molecular formula is C21H32N2O3. The number of hydrogen-bond acceptors (Lipinski definition) is 3. The third-order valence-electron chi connectivity index (χ3n) is 4.86. The molecule has 1 N–H and O–H groups in total. The predicted octanol–water partition coefficient (Wildman–Crippen LogP) is 3.34. The van der Waals surface area contributed by atoms with Crippen molar-refractivity contribution in [1.29, 1.82) is 0 Å². The second kappa shape index (κ2) is 9.06. The number of ether oxygens (including phenoxy) is 1. The van der Waals surface area contributed by atoms with Gasteiger partial charge in [-0.15, -0.1) is 0 Å². The zero-order chi connectivity index (χ0) is 19.3. The molecule has 0 aliphatic carbocycles. The maximum Gasteiger partial charge on any atom is 0.260 e. The average Bonchev–Trinajstić information content (AvgIpc) is 2.61. The van der Waals surface area contributed by atoms with Crippen LogP contribution in [-0.4, -0.2) is 41.9 Å². The van der Waals surface area contributed by atoms with Crippen molar-refractivity contribution in [1.82, 2.24) is 10.2 Å². The summed E-state index contributed by atoms with van der Waals surface area (Å²) in [5, 5.41) is 3.07. The lowest BCUT2D eigenvalue weighted by molar-refractivity contribution is -0.135. The van der Waals surface area contributed by atoms with Gasteiger partial charge >= 0.3 is 0 Å². The highest BCUT2D eigenvalue weighted by atomic mass is 16.5. The Labute approximate surface area is 157 Å². The molecule has 1 aromatic carbocycles. The molecule has 5 nitrogen and oxygen atoms in total. The Kier molecular flexibility index (Phi) is 7.06. The first-order valence-corrected chi connectivity index (χ1v) is 9.64. The Morgan fingerprint density at radius 2 is 1.69 bits per heavy atom. The quantitative estimate of drug-likeness (QED) is 0.846. The van der Waals surface area contributed by atoms with E-state index in [2.05, 4.69) is 19.2 Å². The van der Waals surface area contributed by atoms with Gasteiger partial charge in [-0.05, 0) is 37.3 Å². The minimum Gasteiger partial charge on any atom is -0.481 e. The second-order valence-corrected chi connectivity index (χ2v) is 7.72. The lowest BCUT2D eigenvalue weighted by Crippen LogP contribution is -2.49. The summed E-state index contributed by atoms with van der Waals surface area (Å²) >= 11 is 0. The molecule has 2 amide bonds. The largest absolute Gasteiger partial charge is 0.481 e. The molecule has 0 aromatic heterocycles. The number of piperidine rings is 1. The van der Waals surface area contributed by atoms with Crippen LogP contribution in [-0.2, 0) is 9.59 Å². The lowest BCUT2D eigenvalue weighted by atomic mass is 10.0. The Hall–Kier alpha value is -2.04. The lowest BCUT2D eigenvalue weighted by Gasteiger charge is -2.33. The smallest absolute Gasteiger partial charge is 0.260 e. The molecule has 1 unspecified atom stereocenters. The van der Waals surface area contributed by atoms with Crippen LogP contribution in [0.3, 0.4) is 0 Å². The van der Waals surface area contributed by atoms with Crippen LogP contribution in [0.15, 0.2) is 24.3 Å². The van der Waals surface area contributed by atoms with Gasteiger partial charge < -0.3 is 15.0 Å². The summed E-state index contributed by atoms with van der Waals surface area (Å²) in [4.78, 5) is 26.4. The van der Waals surface area contributed by atoms with Crippen molar-refractivity contribution in [3.63, 3.8) is 0 Å². The van der Waals surface area contributed by atoms with E-state index in [0.717, 1.165) is 24.2 Å². The number of amides is 2. The van der Waals surface area contributed by atoms with Crippen LogP contribution in [0.2, 0.25) is 0 Å². The molecule has 144 valence electrons. The van der Waals surface area contributed by atoms with E-state index in [-0.39, 0.29) is 23.8 Å². The molecule has 26 heavy (non-hydrogen) atoms. The average molecular weight is 360 g/mol. The summed E-state index contributed by atoms with van der Waals surface area (Å²) in [6, 6.07) is 7.96. The Balaban J connectivity index is 1.86. The van der Waals surface area contributed by atoms with Crippen molar-refractivity contribution < 1.29 is 14.3 Å². The van der Waals surface area contributed by atoms with E-state index < -0.39 is 6.10 Å². The van der Waals surface area contributed by atoms with Crippen LogP contribution >= 0.6 is 0 Å². The maximum atomic E-state index is 12.5. The van der Waals surface area contributed by atoms with Crippen molar-refractivity contribution in [2.75, 3.05) is 13.1 Å². The molecule has 1 atom stereocenters. The highest BCUT2D eigenvalue weighted by Gasteiger charge is 2.27. The monoisotopic (exact) mass is 360 g/mol. The fourth-order valence-corrected chi connectivity index (χ4v) is 3.24. The number of nitrogens with one attached hydrogen (secondary N) is 1. The molecule has 0 spiro atoms. The third kappa shape index (κ3) is 5.23. The number of rotatable bonds is 6. The van der Waals surface area contributed by atoms with E-state index in [1.54, 1.807) is 6.92 Å². The number of hydrogen-bond donors (Lipinski definition) is 1. The van der Waals surface area contributed by atoms with Gasteiger partial charge in [-0.1, -0.05) is 45.9 Å². The standard InChI is InChI=1S/C21H32N2O3/c1-14(2)18-8-6-7-9-19(18)26-16(5)20(24)22-17-10-12-23(13-11-17)21(25)15(3)4/h6-9,14-17H,10-13H2,1-5H3,(H,22,24). The van der Waals surface area contributed by atoms with Gasteiger partial charge in [0, 0.05) is 25.0 Å². The van der Waals surface area contributed by atoms with Gasteiger partial charge in [-0.2, -0.15) is 0 Å². The third-order valence-corrected chi connectivity index (χ3v) is 4.86. The number of likely N-dealkylation sites (tertiary alicyclic amines) is 1. The minimum absolute atomic E-state index is 0.0237. The first-order chi connectivity index (χ1) is 12.3. The number of carbonyl (C=O) groups is 2. The Bertz CT molecular complexity index is 619. The van der Waals surface area contributed by atoms with Crippen molar-refractivity contribution in [2.24, 2.45) is 5.92 Å². The predicted molar refractivity (Wildman–Crippen MR) is 103 cm³/mol. The van der Waals surface area contributed by atoms with Crippen molar-refractivity contribution in [3.8, 4) is 5.75 Å². The molecule has 1 aromatic rings. The van der Waals surface area contributed by atoms with E-state index >= 15 is 0 Å². The van der Waals surface area contributed by atoms with E-state index in [1.165, 1.54) is 0 Å². The summed E-state index contributed by atoms with van der Waals surface area (Å²) in [5.74, 6) is 1.22. The van der Waals surface area contributed by atoms with Gasteiger partial charge in [-0.25, -0.2) is 0 Å². The zero-order valence-corrected chi connectivity index (χ0v) is 16.6. The van der Waals surface area contributed by atoms with Gasteiger partial charge in [0.05, 0.1) is 0 Å². The molecule has 5 heteroatoms. The van der Waals surface area contributed by atoms with Crippen LogP contribution in [0.4, 0.5) is 0 Å². The normalized spacial score (nSPS) is 16.7. The van der Waals surface area contributed by atoms with Gasteiger partial charge in [0.1, 0.15) is 5.75 Å². The van der Waals surface area contributed by atoms with Crippen molar-refractivity contribution >= 4 is 11.8 Å². The van der Waals surface area contributed by atoms with E-state index in [9.17, 15) is 9.59 Å². The molecule has 2 rings (SSSR count). The molecule has 0 bridgehead atoms. The molecule has 1 heterocycles. The van der Waals surface area contributed by atoms with Crippen LogP contribution in [0.1, 0.15) is 58.9 Å². The number of carbonyl (C=O) groups excluding carboxylic acids is 2. The maximum absolute atomic E-state index is 12.5. The molecule has 1 aliphatic rings. The summed E-state index contributed by atoms with van der Waals surface area (Å²) in [7, 11) is 0. The number of nitrogens with zero attached hydrogens (tertiary/aromatic N) is 1. The summed E-state index contributed by atoms with van der Waals surface area (Å²) in [5.41, 5.74) is 1.10. The van der Waals surface area contributed by atoms with Crippen molar-refractivity contribution in [3.05, 3.63) is 29.8 Å². The Morgan fingerprint density at radius 3 is 2.27 bits per heavy atom. The minimum atomic E-state index is -0.551. The topological polar surface area (TPSA) is 58.6 Å². The molecule has 0 saturated carbocycles. The van der Waals surface area contributed by atoms with Gasteiger partial charge in [0.25, 0.3) is 5.91 Å².